The first kappa shape index (κ1) is 19.6. The molecule has 2 amide bonds. The summed E-state index contributed by atoms with van der Waals surface area (Å²) >= 11 is 0. The van der Waals surface area contributed by atoms with Crippen LogP contribution in [0.15, 0.2) is 54.6 Å². The Bertz CT molecular complexity index is 861. The first-order valence-corrected chi connectivity index (χ1v) is 10.4. The van der Waals surface area contributed by atoms with Crippen molar-refractivity contribution in [1.82, 2.24) is 10.2 Å². The van der Waals surface area contributed by atoms with Crippen molar-refractivity contribution in [3.63, 3.8) is 0 Å². The average Bonchev–Trinajstić information content (AvgIpc) is 2.67. The van der Waals surface area contributed by atoms with Crippen molar-refractivity contribution in [3.8, 4) is 11.1 Å². The smallest absolute Gasteiger partial charge is 0.226 e. The van der Waals surface area contributed by atoms with E-state index in [0.717, 1.165) is 36.0 Å². The molecule has 1 aliphatic heterocycles. The molecule has 152 valence electrons. The fourth-order valence-electron chi connectivity index (χ4n) is 4.59. The van der Waals surface area contributed by atoms with Gasteiger partial charge in [-0.2, -0.15) is 0 Å². The first-order chi connectivity index (χ1) is 14.1. The van der Waals surface area contributed by atoms with Crippen molar-refractivity contribution < 1.29 is 14.7 Å². The van der Waals surface area contributed by atoms with E-state index in [9.17, 15) is 14.7 Å². The summed E-state index contributed by atoms with van der Waals surface area (Å²) in [5.41, 5.74) is 3.38. The molecule has 1 heterocycles. The lowest BCUT2D eigenvalue weighted by atomic mass is 9.72. The third kappa shape index (κ3) is 3.79. The molecule has 2 aliphatic rings. The Morgan fingerprint density at radius 2 is 1.66 bits per heavy atom. The van der Waals surface area contributed by atoms with E-state index < -0.39 is 0 Å². The van der Waals surface area contributed by atoms with Gasteiger partial charge in [0, 0.05) is 25.3 Å². The molecule has 3 atom stereocenters. The molecule has 0 unspecified atom stereocenters. The maximum Gasteiger partial charge on any atom is 0.226 e. The van der Waals surface area contributed by atoms with Gasteiger partial charge >= 0.3 is 0 Å². The largest absolute Gasteiger partial charge is 0.394 e. The molecule has 2 aromatic rings. The van der Waals surface area contributed by atoms with E-state index in [1.165, 1.54) is 6.92 Å². The molecule has 1 saturated carbocycles. The fraction of sp³-hybridized carbons (Fsp3) is 0.417. The van der Waals surface area contributed by atoms with Gasteiger partial charge in [0.05, 0.1) is 18.7 Å². The lowest BCUT2D eigenvalue weighted by Gasteiger charge is -2.56. The Morgan fingerprint density at radius 1 is 1.00 bits per heavy atom. The molecular formula is C24H28N2O3. The van der Waals surface area contributed by atoms with Crippen molar-refractivity contribution in [2.24, 2.45) is 5.92 Å². The molecule has 1 saturated heterocycles. The minimum atomic E-state index is -0.232. The molecule has 29 heavy (non-hydrogen) atoms. The Morgan fingerprint density at radius 3 is 2.21 bits per heavy atom. The summed E-state index contributed by atoms with van der Waals surface area (Å²) in [6.45, 7) is 1.83. The molecule has 2 aromatic carbocycles. The van der Waals surface area contributed by atoms with E-state index in [1.807, 2.05) is 23.1 Å². The summed E-state index contributed by atoms with van der Waals surface area (Å²) in [7, 11) is 0. The van der Waals surface area contributed by atoms with Crippen LogP contribution in [0.25, 0.3) is 11.1 Å². The standard InChI is InChI=1S/C24H28N2O3/c1-16(28)25-14-21-23(22(15-27)26(21)24(29)20-8-5-9-20)19-12-10-18(11-13-19)17-6-3-2-4-7-17/h2-4,6-7,10-13,20-23,27H,5,8-9,14-15H2,1H3,(H,25,28)/t21-,22+,23-/m0/s1. The van der Waals surface area contributed by atoms with Gasteiger partial charge in [0.15, 0.2) is 0 Å². The maximum atomic E-state index is 13.0. The van der Waals surface area contributed by atoms with E-state index >= 15 is 0 Å². The summed E-state index contributed by atoms with van der Waals surface area (Å²) in [5.74, 6) is 0.112. The van der Waals surface area contributed by atoms with Crippen LogP contribution < -0.4 is 5.32 Å². The quantitative estimate of drug-likeness (QED) is 0.794. The van der Waals surface area contributed by atoms with Crippen molar-refractivity contribution in [3.05, 3.63) is 60.2 Å². The predicted octanol–water partition coefficient (Wildman–Crippen LogP) is 2.95. The van der Waals surface area contributed by atoms with Crippen molar-refractivity contribution in [1.29, 1.82) is 0 Å². The zero-order valence-electron chi connectivity index (χ0n) is 16.8. The molecule has 5 nitrogen and oxygen atoms in total. The Kier molecular flexibility index (Phi) is 5.67. The van der Waals surface area contributed by atoms with Crippen LogP contribution in [0.2, 0.25) is 0 Å². The second-order valence-electron chi connectivity index (χ2n) is 8.14. The molecule has 1 aliphatic carbocycles. The predicted molar refractivity (Wildman–Crippen MR) is 112 cm³/mol. The number of likely N-dealkylation sites (tertiary alicyclic amines) is 1. The van der Waals surface area contributed by atoms with Crippen molar-refractivity contribution >= 4 is 11.8 Å². The number of nitrogens with zero attached hydrogens (tertiary/aromatic N) is 1. The lowest BCUT2D eigenvalue weighted by Crippen LogP contribution is -2.69. The molecule has 0 radical (unpaired) electrons. The third-order valence-corrected chi connectivity index (χ3v) is 6.40. The van der Waals surface area contributed by atoms with Gasteiger partial charge < -0.3 is 15.3 Å². The highest BCUT2D eigenvalue weighted by atomic mass is 16.3. The zero-order valence-corrected chi connectivity index (χ0v) is 16.8. The number of amides is 2. The summed E-state index contributed by atoms with van der Waals surface area (Å²) in [5, 5.41) is 12.9. The fourth-order valence-corrected chi connectivity index (χ4v) is 4.59. The third-order valence-electron chi connectivity index (χ3n) is 6.40. The Hall–Kier alpha value is -2.66. The Labute approximate surface area is 171 Å². The van der Waals surface area contributed by atoms with Gasteiger partial charge in [0.1, 0.15) is 0 Å². The van der Waals surface area contributed by atoms with Gasteiger partial charge in [-0.1, -0.05) is 61.0 Å². The van der Waals surface area contributed by atoms with Gasteiger partial charge in [0.25, 0.3) is 0 Å². The molecule has 2 fully saturated rings. The van der Waals surface area contributed by atoms with Crippen LogP contribution in [0.3, 0.4) is 0 Å². The summed E-state index contributed by atoms with van der Waals surface area (Å²) in [4.78, 5) is 26.3. The number of hydrogen-bond donors (Lipinski definition) is 2. The van der Waals surface area contributed by atoms with Crippen LogP contribution in [0.1, 0.15) is 37.7 Å². The minimum absolute atomic E-state index is 0.0145. The Balaban J connectivity index is 1.57. The summed E-state index contributed by atoms with van der Waals surface area (Å²) in [6, 6.07) is 18.2. The van der Waals surface area contributed by atoms with Crippen molar-refractivity contribution in [2.75, 3.05) is 13.2 Å². The second kappa shape index (κ2) is 8.37. The number of benzene rings is 2. The zero-order chi connectivity index (χ0) is 20.4. The molecule has 4 rings (SSSR count). The number of carbonyl (C=O) groups is 2. The van der Waals surface area contributed by atoms with Crippen LogP contribution in [-0.4, -0.2) is 47.1 Å². The molecule has 2 N–H and O–H groups in total. The highest BCUT2D eigenvalue weighted by molar-refractivity contribution is 5.82. The van der Waals surface area contributed by atoms with Gasteiger partial charge in [-0.05, 0) is 29.5 Å². The molecule has 0 bridgehead atoms. The average molecular weight is 392 g/mol. The van der Waals surface area contributed by atoms with E-state index in [4.69, 9.17) is 0 Å². The minimum Gasteiger partial charge on any atom is -0.394 e. The van der Waals surface area contributed by atoms with Crippen LogP contribution in [-0.2, 0) is 9.59 Å². The number of hydrogen-bond acceptors (Lipinski definition) is 3. The van der Waals surface area contributed by atoms with E-state index in [0.29, 0.717) is 6.54 Å². The molecule has 0 aromatic heterocycles. The SMILES string of the molecule is CC(=O)NC[C@H]1[C@H](c2ccc(-c3ccccc3)cc2)[C@@H](CO)N1C(=O)C1CCC1. The number of aliphatic hydroxyl groups is 1. The topological polar surface area (TPSA) is 69.6 Å². The van der Waals surface area contributed by atoms with E-state index in [-0.39, 0.29) is 42.3 Å². The van der Waals surface area contributed by atoms with E-state index in [1.54, 1.807) is 0 Å². The van der Waals surface area contributed by atoms with Crippen LogP contribution in [0.5, 0.6) is 0 Å². The summed E-state index contributed by atoms with van der Waals surface area (Å²) < 4.78 is 0. The second-order valence-corrected chi connectivity index (χ2v) is 8.14. The number of nitrogens with one attached hydrogen (secondary N) is 1. The van der Waals surface area contributed by atoms with Gasteiger partial charge in [-0.25, -0.2) is 0 Å². The maximum absolute atomic E-state index is 13.0. The highest BCUT2D eigenvalue weighted by Crippen LogP contribution is 2.43. The number of aliphatic hydroxyl groups excluding tert-OH is 1. The first-order valence-electron chi connectivity index (χ1n) is 10.4. The van der Waals surface area contributed by atoms with Crippen LogP contribution in [0.4, 0.5) is 0 Å². The normalized spacial score (nSPS) is 23.8. The van der Waals surface area contributed by atoms with Gasteiger partial charge in [-0.15, -0.1) is 0 Å². The van der Waals surface area contributed by atoms with Gasteiger partial charge in [0.2, 0.25) is 11.8 Å². The van der Waals surface area contributed by atoms with E-state index in [2.05, 4.69) is 41.7 Å². The molecule has 5 heteroatoms. The highest BCUT2D eigenvalue weighted by Gasteiger charge is 2.52. The monoisotopic (exact) mass is 392 g/mol. The number of carbonyl (C=O) groups excluding carboxylic acids is 2. The van der Waals surface area contributed by atoms with Crippen LogP contribution in [0, 0.1) is 5.92 Å². The summed E-state index contributed by atoms with van der Waals surface area (Å²) in [6.07, 6.45) is 2.95. The number of rotatable bonds is 6. The molecule has 0 spiro atoms. The van der Waals surface area contributed by atoms with Gasteiger partial charge in [-0.3, -0.25) is 9.59 Å². The molecular weight excluding hydrogens is 364 g/mol. The van der Waals surface area contributed by atoms with Crippen molar-refractivity contribution in [2.45, 2.75) is 44.2 Å². The van der Waals surface area contributed by atoms with Crippen LogP contribution >= 0.6 is 0 Å². The lowest BCUT2D eigenvalue weighted by molar-refractivity contribution is -0.158.